The maximum absolute atomic E-state index is 14.6. The van der Waals surface area contributed by atoms with Crippen molar-refractivity contribution in [2.45, 2.75) is 52.3 Å². The number of hydrogen-bond donors (Lipinski definition) is 1. The van der Waals surface area contributed by atoms with Crippen LogP contribution in [0.5, 0.6) is 11.6 Å². The average Bonchev–Trinajstić information content (AvgIpc) is 3.48. The van der Waals surface area contributed by atoms with E-state index in [-0.39, 0.29) is 5.75 Å². The van der Waals surface area contributed by atoms with Crippen LogP contribution in [-0.4, -0.2) is 32.4 Å². The third-order valence-corrected chi connectivity index (χ3v) is 5.94. The topological polar surface area (TPSA) is 63.7 Å². The summed E-state index contributed by atoms with van der Waals surface area (Å²) in [7, 11) is 0. The second kappa shape index (κ2) is 12.0. The number of unbranched alkanes of at least 4 members (excludes halogenated alkanes) is 1. The number of aliphatic hydroxyl groups is 1. The molecule has 0 aliphatic rings. The zero-order chi connectivity index (χ0) is 25.5. The van der Waals surface area contributed by atoms with Gasteiger partial charge in [0.2, 0.25) is 5.88 Å². The van der Waals surface area contributed by atoms with Crippen LogP contribution in [0.4, 0.5) is 8.78 Å². The molecule has 0 saturated carbocycles. The van der Waals surface area contributed by atoms with E-state index >= 15 is 0 Å². The van der Waals surface area contributed by atoms with E-state index in [1.54, 1.807) is 10.9 Å². The molecule has 0 saturated heterocycles. The predicted molar refractivity (Wildman–Crippen MR) is 133 cm³/mol. The summed E-state index contributed by atoms with van der Waals surface area (Å²) in [6.45, 7) is 5.21. The maximum Gasteiger partial charge on any atom is 0.227 e. The second-order valence-electron chi connectivity index (χ2n) is 8.84. The molecule has 4 aromatic rings. The summed E-state index contributed by atoms with van der Waals surface area (Å²) in [5.74, 6) is -0.495. The Labute approximate surface area is 209 Å². The van der Waals surface area contributed by atoms with E-state index in [0.29, 0.717) is 37.6 Å². The number of benzene rings is 2. The quantitative estimate of drug-likeness (QED) is 0.246. The van der Waals surface area contributed by atoms with Gasteiger partial charge in [0.1, 0.15) is 11.6 Å². The number of nitrogens with zero attached hydrogens (tertiary/aromatic N) is 3. The van der Waals surface area contributed by atoms with Crippen molar-refractivity contribution in [1.82, 2.24) is 14.7 Å². The summed E-state index contributed by atoms with van der Waals surface area (Å²) >= 11 is 0. The summed E-state index contributed by atoms with van der Waals surface area (Å²) in [6.07, 6.45) is 3.73. The van der Waals surface area contributed by atoms with Gasteiger partial charge in [0, 0.05) is 19.2 Å². The van der Waals surface area contributed by atoms with Gasteiger partial charge in [-0.25, -0.2) is 13.5 Å². The van der Waals surface area contributed by atoms with Crippen LogP contribution in [-0.2, 0) is 13.1 Å². The Kier molecular flexibility index (Phi) is 8.51. The van der Waals surface area contributed by atoms with Crippen molar-refractivity contribution in [1.29, 1.82) is 0 Å². The zero-order valence-corrected chi connectivity index (χ0v) is 20.5. The Hall–Kier alpha value is -3.49. The molecule has 36 heavy (non-hydrogen) atoms. The first kappa shape index (κ1) is 25.6. The van der Waals surface area contributed by atoms with E-state index in [1.807, 2.05) is 49.4 Å². The van der Waals surface area contributed by atoms with Gasteiger partial charge in [-0.2, -0.15) is 5.10 Å². The Balaban J connectivity index is 1.71. The van der Waals surface area contributed by atoms with Crippen LogP contribution in [0.3, 0.4) is 0 Å². The van der Waals surface area contributed by atoms with Crippen LogP contribution in [0.25, 0.3) is 5.69 Å². The molecule has 0 unspecified atom stereocenters. The third kappa shape index (κ3) is 6.38. The van der Waals surface area contributed by atoms with Crippen molar-refractivity contribution in [3.8, 4) is 17.3 Å². The van der Waals surface area contributed by atoms with Crippen molar-refractivity contribution in [3.05, 3.63) is 95.6 Å². The normalized spacial score (nSPS) is 12.3. The van der Waals surface area contributed by atoms with Gasteiger partial charge in [-0.15, -0.1) is 0 Å². The molecule has 4 rings (SSSR count). The number of ether oxygens (including phenoxy) is 1. The lowest BCUT2D eigenvalue weighted by Gasteiger charge is -2.24. The highest BCUT2D eigenvalue weighted by Gasteiger charge is 2.24. The van der Waals surface area contributed by atoms with Gasteiger partial charge >= 0.3 is 0 Å². The first-order valence-electron chi connectivity index (χ1n) is 12.1. The number of rotatable bonds is 12. The Morgan fingerprint density at radius 1 is 1.08 bits per heavy atom. The fourth-order valence-corrected chi connectivity index (χ4v) is 4.09. The number of furan rings is 1. The molecule has 0 radical (unpaired) electrons. The molecule has 1 N–H and O–H groups in total. The molecule has 1 atom stereocenters. The largest absolute Gasteiger partial charge is 0.468 e. The van der Waals surface area contributed by atoms with Gasteiger partial charge in [0.25, 0.3) is 0 Å². The van der Waals surface area contributed by atoms with E-state index in [4.69, 9.17) is 9.15 Å². The molecule has 8 heteroatoms. The third-order valence-electron chi connectivity index (χ3n) is 5.94. The van der Waals surface area contributed by atoms with Gasteiger partial charge in [-0.1, -0.05) is 38.0 Å². The molecule has 2 aromatic heterocycles. The molecule has 0 spiro atoms. The van der Waals surface area contributed by atoms with Gasteiger partial charge in [0.05, 0.1) is 35.9 Å². The zero-order valence-electron chi connectivity index (χ0n) is 20.5. The fourth-order valence-electron chi connectivity index (χ4n) is 4.09. The first-order valence-corrected chi connectivity index (χ1v) is 12.1. The molecule has 2 aromatic carbocycles. The van der Waals surface area contributed by atoms with Crippen LogP contribution in [0, 0.1) is 18.6 Å². The van der Waals surface area contributed by atoms with Gasteiger partial charge in [-0.05, 0) is 49.7 Å². The van der Waals surface area contributed by atoms with Crippen LogP contribution in [0.15, 0.2) is 71.3 Å². The summed E-state index contributed by atoms with van der Waals surface area (Å²) in [5.41, 5.74) is 2.17. The molecule has 0 fully saturated rings. The van der Waals surface area contributed by atoms with Crippen molar-refractivity contribution < 1.29 is 23.0 Å². The smallest absolute Gasteiger partial charge is 0.227 e. The minimum atomic E-state index is -0.804. The molecular weight excluding hydrogens is 464 g/mol. The SMILES string of the molecule is CCCC[C@@H](O)CN(Cc1ccco1)Cc1c(C)nn(-c2ccccc2)c1Oc1ccc(F)cc1F. The molecular formula is C28H31F2N3O3. The number of aliphatic hydroxyl groups excluding tert-OH is 1. The Morgan fingerprint density at radius 2 is 1.89 bits per heavy atom. The first-order chi connectivity index (χ1) is 17.4. The molecule has 6 nitrogen and oxygen atoms in total. The molecule has 0 aliphatic heterocycles. The number of para-hydroxylation sites is 1. The number of halogens is 2. The average molecular weight is 496 g/mol. The maximum atomic E-state index is 14.6. The lowest BCUT2D eigenvalue weighted by molar-refractivity contribution is 0.0915. The molecule has 0 bridgehead atoms. The second-order valence-corrected chi connectivity index (χ2v) is 8.84. The van der Waals surface area contributed by atoms with Crippen molar-refractivity contribution in [2.75, 3.05) is 6.54 Å². The van der Waals surface area contributed by atoms with Crippen LogP contribution < -0.4 is 4.74 Å². The van der Waals surface area contributed by atoms with Gasteiger partial charge < -0.3 is 14.3 Å². The van der Waals surface area contributed by atoms with Crippen molar-refractivity contribution >= 4 is 0 Å². The van der Waals surface area contributed by atoms with Crippen LogP contribution in [0.2, 0.25) is 0 Å². The highest BCUT2D eigenvalue weighted by Crippen LogP contribution is 2.33. The Bertz CT molecular complexity index is 1240. The van der Waals surface area contributed by atoms with Crippen LogP contribution >= 0.6 is 0 Å². The van der Waals surface area contributed by atoms with Gasteiger partial charge in [0.15, 0.2) is 11.6 Å². The Morgan fingerprint density at radius 3 is 2.58 bits per heavy atom. The summed E-state index contributed by atoms with van der Waals surface area (Å²) in [4.78, 5) is 2.06. The minimum Gasteiger partial charge on any atom is -0.468 e. The fraction of sp³-hybridized carbons (Fsp3) is 0.321. The molecule has 0 amide bonds. The highest BCUT2D eigenvalue weighted by molar-refractivity contribution is 5.43. The summed E-state index contributed by atoms with van der Waals surface area (Å²) in [6, 6.07) is 16.3. The highest BCUT2D eigenvalue weighted by atomic mass is 19.1. The standard InChI is InChI=1S/C28H31F2N3O3/c1-3-4-11-23(34)17-32(18-24-12-8-15-35-24)19-25-20(2)31-33(22-9-6-5-7-10-22)28(25)36-27-14-13-21(29)16-26(27)30/h5-10,12-16,23,34H,3-4,11,17-19H2,1-2H3/t23-/m1/s1. The van der Waals surface area contributed by atoms with Crippen LogP contribution in [0.1, 0.15) is 43.2 Å². The van der Waals surface area contributed by atoms with E-state index in [2.05, 4.69) is 16.9 Å². The molecule has 0 aliphatic carbocycles. The number of aromatic nitrogens is 2. The van der Waals surface area contributed by atoms with E-state index in [0.717, 1.165) is 42.0 Å². The minimum absolute atomic E-state index is 0.102. The summed E-state index contributed by atoms with van der Waals surface area (Å²) < 4.78 is 41.3. The van der Waals surface area contributed by atoms with E-state index in [1.165, 1.54) is 6.07 Å². The lowest BCUT2D eigenvalue weighted by atomic mass is 10.1. The van der Waals surface area contributed by atoms with Crippen molar-refractivity contribution in [3.63, 3.8) is 0 Å². The van der Waals surface area contributed by atoms with E-state index in [9.17, 15) is 13.9 Å². The number of hydrogen-bond acceptors (Lipinski definition) is 5. The number of aryl methyl sites for hydroxylation is 1. The monoisotopic (exact) mass is 495 g/mol. The predicted octanol–water partition coefficient (Wildman–Crippen LogP) is 6.40. The molecule has 2 heterocycles. The van der Waals surface area contributed by atoms with Crippen molar-refractivity contribution in [2.24, 2.45) is 0 Å². The lowest BCUT2D eigenvalue weighted by Crippen LogP contribution is -2.32. The summed E-state index contributed by atoms with van der Waals surface area (Å²) in [5, 5.41) is 15.4. The molecule has 190 valence electrons. The van der Waals surface area contributed by atoms with Gasteiger partial charge in [-0.3, -0.25) is 4.90 Å². The van der Waals surface area contributed by atoms with E-state index < -0.39 is 17.7 Å².